The number of anilines is 2. The van der Waals surface area contributed by atoms with Crippen molar-refractivity contribution in [2.24, 2.45) is 0 Å². The first-order chi connectivity index (χ1) is 13.5. The summed E-state index contributed by atoms with van der Waals surface area (Å²) in [4.78, 5) is 21.5. The van der Waals surface area contributed by atoms with Crippen molar-refractivity contribution in [2.45, 2.75) is 6.92 Å². The number of nitro benzene ring substituents is 1. The van der Waals surface area contributed by atoms with Crippen LogP contribution in [0, 0.1) is 22.9 Å². The fourth-order valence-corrected chi connectivity index (χ4v) is 2.79. The maximum Gasteiger partial charge on any atom is 0.271 e. The molecular formula is C19H14FN5O3. The number of hydrogen-bond donors (Lipinski definition) is 2. The monoisotopic (exact) mass is 379 g/mol. The third-order valence-electron chi connectivity index (χ3n) is 4.02. The van der Waals surface area contributed by atoms with Crippen molar-refractivity contribution in [3.8, 4) is 11.6 Å². The summed E-state index contributed by atoms with van der Waals surface area (Å²) in [5, 5.41) is 14.3. The zero-order valence-electron chi connectivity index (χ0n) is 14.6. The van der Waals surface area contributed by atoms with Gasteiger partial charge in [-0.25, -0.2) is 14.4 Å². The van der Waals surface area contributed by atoms with E-state index in [-0.39, 0.29) is 17.3 Å². The quantitative estimate of drug-likeness (QED) is 0.379. The predicted molar refractivity (Wildman–Crippen MR) is 101 cm³/mol. The van der Waals surface area contributed by atoms with E-state index in [4.69, 9.17) is 4.74 Å². The number of H-pyrrole nitrogens is 1. The van der Waals surface area contributed by atoms with Gasteiger partial charge in [0, 0.05) is 40.5 Å². The minimum absolute atomic E-state index is 0.0338. The van der Waals surface area contributed by atoms with Crippen LogP contribution in [-0.2, 0) is 0 Å². The molecule has 0 atom stereocenters. The predicted octanol–water partition coefficient (Wildman–Crippen LogP) is 4.85. The first kappa shape index (κ1) is 17.4. The lowest BCUT2D eigenvalue weighted by atomic mass is 10.2. The fraction of sp³-hybridized carbons (Fsp3) is 0.0526. The van der Waals surface area contributed by atoms with Gasteiger partial charge in [0.15, 0.2) is 11.6 Å². The first-order valence-corrected chi connectivity index (χ1v) is 8.29. The molecule has 0 saturated carbocycles. The zero-order chi connectivity index (χ0) is 19.7. The molecule has 28 heavy (non-hydrogen) atoms. The molecule has 0 fully saturated rings. The lowest BCUT2D eigenvalue weighted by molar-refractivity contribution is -0.384. The highest BCUT2D eigenvalue weighted by atomic mass is 19.1. The van der Waals surface area contributed by atoms with Crippen molar-refractivity contribution in [2.75, 3.05) is 5.32 Å². The van der Waals surface area contributed by atoms with E-state index in [1.807, 2.05) is 6.92 Å². The standard InChI is InChI=1S/C19H14FN5O3/c1-11-7-14-15(23-11)5-6-16(19(14)20)28-18-9-17(21-10-22-18)24-12-3-2-4-13(8-12)25(26)27/h2-10,23H,1H3,(H,21,22,24). The van der Waals surface area contributed by atoms with Crippen LogP contribution >= 0.6 is 0 Å². The Balaban J connectivity index is 1.58. The molecule has 0 bridgehead atoms. The van der Waals surface area contributed by atoms with Crippen molar-refractivity contribution in [1.29, 1.82) is 0 Å². The number of rotatable bonds is 5. The number of ether oxygens (including phenoxy) is 1. The lowest BCUT2D eigenvalue weighted by Crippen LogP contribution is -1.97. The Morgan fingerprint density at radius 3 is 2.86 bits per heavy atom. The van der Waals surface area contributed by atoms with Gasteiger partial charge in [-0.15, -0.1) is 0 Å². The molecule has 4 aromatic rings. The third-order valence-corrected chi connectivity index (χ3v) is 4.02. The lowest BCUT2D eigenvalue weighted by Gasteiger charge is -2.09. The van der Waals surface area contributed by atoms with E-state index in [0.717, 1.165) is 5.69 Å². The van der Waals surface area contributed by atoms with E-state index in [1.54, 1.807) is 24.3 Å². The number of nitrogens with one attached hydrogen (secondary N) is 2. The molecule has 2 N–H and O–H groups in total. The Labute approximate surface area is 158 Å². The summed E-state index contributed by atoms with van der Waals surface area (Å²) in [7, 11) is 0. The van der Waals surface area contributed by atoms with Crippen LogP contribution in [0.5, 0.6) is 11.6 Å². The fourth-order valence-electron chi connectivity index (χ4n) is 2.79. The van der Waals surface area contributed by atoms with Crippen molar-refractivity contribution < 1.29 is 14.1 Å². The van der Waals surface area contributed by atoms with Crippen LogP contribution in [0.2, 0.25) is 0 Å². The number of non-ortho nitro benzene ring substituents is 1. The summed E-state index contributed by atoms with van der Waals surface area (Å²) in [5.41, 5.74) is 1.96. The number of hydrogen-bond acceptors (Lipinski definition) is 6. The van der Waals surface area contributed by atoms with Crippen LogP contribution < -0.4 is 10.1 Å². The van der Waals surface area contributed by atoms with Crippen LogP contribution in [0.3, 0.4) is 0 Å². The molecule has 140 valence electrons. The summed E-state index contributed by atoms with van der Waals surface area (Å²) >= 11 is 0. The van der Waals surface area contributed by atoms with E-state index >= 15 is 0 Å². The van der Waals surface area contributed by atoms with Crippen molar-refractivity contribution in [3.05, 3.63) is 76.5 Å². The van der Waals surface area contributed by atoms with Gasteiger partial charge >= 0.3 is 0 Å². The van der Waals surface area contributed by atoms with E-state index in [0.29, 0.717) is 22.4 Å². The highest BCUT2D eigenvalue weighted by molar-refractivity contribution is 5.82. The minimum atomic E-state index is -0.492. The molecular weight excluding hydrogens is 365 g/mol. The van der Waals surface area contributed by atoms with Crippen molar-refractivity contribution in [3.63, 3.8) is 0 Å². The van der Waals surface area contributed by atoms with E-state index in [2.05, 4.69) is 20.3 Å². The maximum atomic E-state index is 14.7. The van der Waals surface area contributed by atoms with Crippen LogP contribution in [-0.4, -0.2) is 19.9 Å². The normalized spacial score (nSPS) is 10.8. The smallest absolute Gasteiger partial charge is 0.271 e. The van der Waals surface area contributed by atoms with Crippen LogP contribution in [0.15, 0.2) is 54.9 Å². The van der Waals surface area contributed by atoms with E-state index in [1.165, 1.54) is 30.6 Å². The molecule has 0 radical (unpaired) electrons. The average molecular weight is 379 g/mol. The molecule has 0 amide bonds. The van der Waals surface area contributed by atoms with Gasteiger partial charge in [0.1, 0.15) is 12.1 Å². The largest absolute Gasteiger partial charge is 0.436 e. The second kappa shape index (κ2) is 6.95. The highest BCUT2D eigenvalue weighted by Gasteiger charge is 2.13. The van der Waals surface area contributed by atoms with Crippen molar-refractivity contribution in [1.82, 2.24) is 15.0 Å². The first-order valence-electron chi connectivity index (χ1n) is 8.29. The van der Waals surface area contributed by atoms with Gasteiger partial charge in [-0.3, -0.25) is 10.1 Å². The molecule has 0 aliphatic carbocycles. The molecule has 0 saturated heterocycles. The SMILES string of the molecule is Cc1cc2c(F)c(Oc3cc(Nc4cccc([N+](=O)[O-])c4)ncn3)ccc2[nH]1. The third kappa shape index (κ3) is 3.45. The van der Waals surface area contributed by atoms with E-state index < -0.39 is 10.7 Å². The Morgan fingerprint density at radius 1 is 1.18 bits per heavy atom. The zero-order valence-corrected chi connectivity index (χ0v) is 14.6. The summed E-state index contributed by atoms with van der Waals surface area (Å²) < 4.78 is 20.2. The molecule has 2 heterocycles. The number of halogens is 1. The van der Waals surface area contributed by atoms with Crippen LogP contribution in [0.1, 0.15) is 5.69 Å². The molecule has 2 aromatic carbocycles. The maximum absolute atomic E-state index is 14.7. The molecule has 0 aliphatic heterocycles. The van der Waals surface area contributed by atoms with E-state index in [9.17, 15) is 14.5 Å². The Morgan fingerprint density at radius 2 is 2.04 bits per heavy atom. The van der Waals surface area contributed by atoms with Gasteiger partial charge in [-0.1, -0.05) is 6.07 Å². The summed E-state index contributed by atoms with van der Waals surface area (Å²) in [6.07, 6.45) is 1.26. The number of benzene rings is 2. The topological polar surface area (TPSA) is 106 Å². The number of nitrogens with zero attached hydrogens (tertiary/aromatic N) is 3. The van der Waals surface area contributed by atoms with Crippen LogP contribution in [0.25, 0.3) is 10.9 Å². The second-order valence-corrected chi connectivity index (χ2v) is 6.07. The van der Waals surface area contributed by atoms with Gasteiger partial charge < -0.3 is 15.0 Å². The number of aromatic nitrogens is 3. The molecule has 8 nitrogen and oxygen atoms in total. The Kier molecular flexibility index (Phi) is 4.32. The number of fused-ring (bicyclic) bond motifs is 1. The second-order valence-electron chi connectivity index (χ2n) is 6.07. The van der Waals surface area contributed by atoms with Gasteiger partial charge in [0.2, 0.25) is 5.88 Å². The van der Waals surface area contributed by atoms with Crippen LogP contribution in [0.4, 0.5) is 21.6 Å². The molecule has 0 spiro atoms. The summed E-state index contributed by atoms with van der Waals surface area (Å²) in [6.45, 7) is 1.84. The molecule has 2 aromatic heterocycles. The Bertz CT molecular complexity index is 1190. The van der Waals surface area contributed by atoms with Gasteiger partial charge in [-0.2, -0.15) is 0 Å². The van der Waals surface area contributed by atoms with Gasteiger partial charge in [0.25, 0.3) is 5.69 Å². The highest BCUT2D eigenvalue weighted by Crippen LogP contribution is 2.30. The van der Waals surface area contributed by atoms with Crippen molar-refractivity contribution >= 4 is 28.1 Å². The molecule has 0 aliphatic rings. The number of aryl methyl sites for hydroxylation is 1. The Hall–Kier alpha value is -4.01. The average Bonchev–Trinajstić information content (AvgIpc) is 3.06. The molecule has 4 rings (SSSR count). The number of nitro groups is 1. The van der Waals surface area contributed by atoms with Gasteiger partial charge in [-0.05, 0) is 31.2 Å². The minimum Gasteiger partial charge on any atom is -0.436 e. The molecule has 9 heteroatoms. The summed E-state index contributed by atoms with van der Waals surface area (Å²) in [5.74, 6) is 0.0260. The molecule has 0 unspecified atom stereocenters. The van der Waals surface area contributed by atoms with Gasteiger partial charge in [0.05, 0.1) is 4.92 Å². The number of aromatic amines is 1. The summed E-state index contributed by atoms with van der Waals surface area (Å²) in [6, 6.07) is 12.4.